The topological polar surface area (TPSA) is 64.9 Å². The largest absolute Gasteiger partial charge is 0.383 e. The Morgan fingerprint density at radius 1 is 1.37 bits per heavy atom. The fourth-order valence-corrected chi connectivity index (χ4v) is 2.16. The number of rotatable bonds is 7. The Morgan fingerprint density at radius 3 is 2.89 bits per heavy atom. The highest BCUT2D eigenvalue weighted by Gasteiger charge is 2.04. The van der Waals surface area contributed by atoms with Crippen molar-refractivity contribution in [2.24, 2.45) is 7.05 Å². The van der Waals surface area contributed by atoms with Crippen molar-refractivity contribution in [2.45, 2.75) is 16.7 Å². The second kappa shape index (κ2) is 7.22. The molecule has 2 heterocycles. The number of hydrogen-bond donors (Lipinski definition) is 1. The summed E-state index contributed by atoms with van der Waals surface area (Å²) in [6, 6.07) is 4.05. The molecular weight excluding hydrogens is 262 g/mol. The number of aryl methyl sites for hydroxylation is 1. The van der Waals surface area contributed by atoms with Crippen LogP contribution >= 0.6 is 11.8 Å². The fraction of sp³-hybridized carbons (Fsp3) is 0.417. The summed E-state index contributed by atoms with van der Waals surface area (Å²) in [5.74, 6) is 0. The van der Waals surface area contributed by atoms with Gasteiger partial charge in [0.25, 0.3) is 0 Å². The minimum Gasteiger partial charge on any atom is -0.383 e. The van der Waals surface area contributed by atoms with Crippen molar-refractivity contribution in [3.05, 3.63) is 30.2 Å². The molecular formula is C12H17N5OS. The molecule has 0 radical (unpaired) electrons. The van der Waals surface area contributed by atoms with Gasteiger partial charge in [-0.05, 0) is 23.4 Å². The van der Waals surface area contributed by atoms with Crippen molar-refractivity contribution < 1.29 is 4.74 Å². The lowest BCUT2D eigenvalue weighted by atomic mass is 10.3. The molecule has 1 N–H and O–H groups in total. The smallest absolute Gasteiger partial charge is 0.192 e. The van der Waals surface area contributed by atoms with E-state index in [0.29, 0.717) is 6.61 Å². The number of methoxy groups -OCH3 is 1. The molecule has 19 heavy (non-hydrogen) atoms. The van der Waals surface area contributed by atoms with Crippen molar-refractivity contribution in [3.8, 4) is 0 Å². The van der Waals surface area contributed by atoms with Crippen LogP contribution in [0.4, 0.5) is 0 Å². The van der Waals surface area contributed by atoms with Gasteiger partial charge < -0.3 is 10.1 Å². The Balaban J connectivity index is 1.86. The molecule has 0 spiro atoms. The molecule has 0 aliphatic carbocycles. The van der Waals surface area contributed by atoms with Gasteiger partial charge in [0.05, 0.1) is 6.61 Å². The van der Waals surface area contributed by atoms with E-state index in [0.717, 1.165) is 28.8 Å². The summed E-state index contributed by atoms with van der Waals surface area (Å²) in [6.07, 6.45) is 3.41. The molecule has 0 saturated heterocycles. The van der Waals surface area contributed by atoms with Crippen molar-refractivity contribution in [3.63, 3.8) is 0 Å². The average Bonchev–Trinajstić information content (AvgIpc) is 2.82. The van der Waals surface area contributed by atoms with Gasteiger partial charge in [-0.15, -0.1) is 0 Å². The van der Waals surface area contributed by atoms with Crippen molar-refractivity contribution in [1.29, 1.82) is 0 Å². The van der Waals surface area contributed by atoms with Crippen LogP contribution in [0.3, 0.4) is 0 Å². The monoisotopic (exact) mass is 279 g/mol. The third kappa shape index (κ3) is 4.30. The summed E-state index contributed by atoms with van der Waals surface area (Å²) >= 11 is 1.50. The normalized spacial score (nSPS) is 10.8. The van der Waals surface area contributed by atoms with Crippen LogP contribution in [0.5, 0.6) is 0 Å². The molecule has 102 valence electrons. The number of aromatic nitrogens is 4. The summed E-state index contributed by atoms with van der Waals surface area (Å²) in [5, 5.41) is 9.05. The third-order valence-corrected chi connectivity index (χ3v) is 3.48. The van der Waals surface area contributed by atoms with Crippen molar-refractivity contribution in [1.82, 2.24) is 25.1 Å². The Morgan fingerprint density at radius 2 is 2.26 bits per heavy atom. The molecule has 0 aliphatic rings. The van der Waals surface area contributed by atoms with Crippen LogP contribution in [-0.4, -0.2) is 40.0 Å². The molecule has 0 fully saturated rings. The van der Waals surface area contributed by atoms with E-state index in [1.165, 1.54) is 18.1 Å². The number of pyridine rings is 1. The highest BCUT2D eigenvalue weighted by Crippen LogP contribution is 2.22. The number of nitrogens with one attached hydrogen (secondary N) is 1. The standard InChI is InChI=1S/C12H17N5OS/c1-17-12(15-9-16-17)19-11-4-3-10(8-14-11)7-13-5-6-18-2/h3-4,8-9,13H,5-7H2,1-2H3. The molecule has 2 aromatic rings. The third-order valence-electron chi connectivity index (χ3n) is 2.48. The van der Waals surface area contributed by atoms with Crippen LogP contribution in [-0.2, 0) is 18.3 Å². The zero-order valence-corrected chi connectivity index (χ0v) is 11.9. The van der Waals surface area contributed by atoms with Gasteiger partial charge in [0, 0.05) is 33.4 Å². The highest BCUT2D eigenvalue weighted by molar-refractivity contribution is 7.99. The SMILES string of the molecule is COCCNCc1ccc(Sc2ncnn2C)nc1. The Labute approximate surface area is 116 Å². The van der Waals surface area contributed by atoms with E-state index in [1.54, 1.807) is 11.8 Å². The lowest BCUT2D eigenvalue weighted by Crippen LogP contribution is -2.18. The van der Waals surface area contributed by atoms with Gasteiger partial charge in [-0.3, -0.25) is 0 Å². The van der Waals surface area contributed by atoms with Crippen LogP contribution in [0.1, 0.15) is 5.56 Å². The molecule has 0 unspecified atom stereocenters. The maximum Gasteiger partial charge on any atom is 0.192 e. The number of nitrogens with zero attached hydrogens (tertiary/aromatic N) is 4. The molecule has 0 aliphatic heterocycles. The van der Waals surface area contributed by atoms with E-state index < -0.39 is 0 Å². The Bertz CT molecular complexity index is 499. The van der Waals surface area contributed by atoms with Gasteiger partial charge in [0.1, 0.15) is 11.4 Å². The van der Waals surface area contributed by atoms with Crippen LogP contribution in [0.25, 0.3) is 0 Å². The van der Waals surface area contributed by atoms with Gasteiger partial charge in [-0.1, -0.05) is 6.07 Å². The second-order valence-electron chi connectivity index (χ2n) is 3.94. The molecule has 0 bridgehead atoms. The maximum atomic E-state index is 4.97. The van der Waals surface area contributed by atoms with Gasteiger partial charge in [-0.25, -0.2) is 14.6 Å². The molecule has 0 saturated carbocycles. The summed E-state index contributed by atoms with van der Waals surface area (Å²) < 4.78 is 6.70. The van der Waals surface area contributed by atoms with Gasteiger partial charge in [-0.2, -0.15) is 5.10 Å². The first-order valence-corrected chi connectivity index (χ1v) is 6.77. The predicted octanol–water partition coefficient (Wildman–Crippen LogP) is 1.10. The molecule has 0 aromatic carbocycles. The van der Waals surface area contributed by atoms with E-state index in [1.807, 2.05) is 19.3 Å². The van der Waals surface area contributed by atoms with Crippen molar-refractivity contribution in [2.75, 3.05) is 20.3 Å². The first kappa shape index (κ1) is 14.0. The zero-order valence-electron chi connectivity index (χ0n) is 11.0. The summed E-state index contributed by atoms with van der Waals surface area (Å²) in [7, 11) is 3.56. The predicted molar refractivity (Wildman–Crippen MR) is 72.9 cm³/mol. The molecule has 2 aromatic heterocycles. The first-order chi connectivity index (χ1) is 9.29. The van der Waals surface area contributed by atoms with E-state index in [4.69, 9.17) is 4.74 Å². The molecule has 0 atom stereocenters. The summed E-state index contributed by atoms with van der Waals surface area (Å²) in [4.78, 5) is 8.56. The van der Waals surface area contributed by atoms with Crippen LogP contribution in [0.15, 0.2) is 34.8 Å². The fourth-order valence-electron chi connectivity index (χ4n) is 1.45. The highest BCUT2D eigenvalue weighted by atomic mass is 32.2. The molecule has 7 heteroatoms. The summed E-state index contributed by atoms with van der Waals surface area (Å²) in [5.41, 5.74) is 1.15. The quantitative estimate of drug-likeness (QED) is 0.766. The number of ether oxygens (including phenoxy) is 1. The Hall–Kier alpha value is -1.44. The van der Waals surface area contributed by atoms with Crippen molar-refractivity contribution >= 4 is 11.8 Å². The van der Waals surface area contributed by atoms with Crippen LogP contribution in [0.2, 0.25) is 0 Å². The van der Waals surface area contributed by atoms with Gasteiger partial charge in [0.15, 0.2) is 5.16 Å². The first-order valence-electron chi connectivity index (χ1n) is 5.96. The lowest BCUT2D eigenvalue weighted by Gasteiger charge is -2.05. The molecule has 6 nitrogen and oxygen atoms in total. The minimum absolute atomic E-state index is 0.716. The Kier molecular flexibility index (Phi) is 5.31. The van der Waals surface area contributed by atoms with E-state index >= 15 is 0 Å². The second-order valence-corrected chi connectivity index (χ2v) is 4.93. The molecule has 0 amide bonds. The zero-order chi connectivity index (χ0) is 13.5. The minimum atomic E-state index is 0.716. The van der Waals surface area contributed by atoms with Gasteiger partial charge in [0.2, 0.25) is 0 Å². The number of hydrogen-bond acceptors (Lipinski definition) is 6. The average molecular weight is 279 g/mol. The summed E-state index contributed by atoms with van der Waals surface area (Å²) in [6.45, 7) is 2.35. The van der Waals surface area contributed by atoms with Crippen LogP contribution in [0, 0.1) is 0 Å². The molecule has 2 rings (SSSR count). The van der Waals surface area contributed by atoms with E-state index in [-0.39, 0.29) is 0 Å². The maximum absolute atomic E-state index is 4.97. The van der Waals surface area contributed by atoms with E-state index in [2.05, 4.69) is 26.4 Å². The lowest BCUT2D eigenvalue weighted by molar-refractivity contribution is 0.199. The van der Waals surface area contributed by atoms with E-state index in [9.17, 15) is 0 Å². The van der Waals surface area contributed by atoms with Gasteiger partial charge >= 0.3 is 0 Å². The van der Waals surface area contributed by atoms with Crippen LogP contribution < -0.4 is 5.32 Å².